The van der Waals surface area contributed by atoms with Gasteiger partial charge in [0.2, 0.25) is 5.91 Å². The van der Waals surface area contributed by atoms with Gasteiger partial charge in [-0.3, -0.25) is 4.79 Å². The molecule has 1 aromatic heterocycles. The number of sulfone groups is 1. The van der Waals surface area contributed by atoms with E-state index in [9.17, 15) is 13.2 Å². The van der Waals surface area contributed by atoms with Gasteiger partial charge in [0.25, 0.3) is 0 Å². The number of hydrogen-bond donors (Lipinski definition) is 1. The molecule has 0 unspecified atom stereocenters. The minimum Gasteiger partial charge on any atom is -0.354 e. The van der Waals surface area contributed by atoms with Gasteiger partial charge < -0.3 is 5.32 Å². The summed E-state index contributed by atoms with van der Waals surface area (Å²) in [5, 5.41) is 3.88. The second-order valence-electron chi connectivity index (χ2n) is 7.40. The van der Waals surface area contributed by atoms with Gasteiger partial charge in [-0.25, -0.2) is 8.42 Å². The van der Waals surface area contributed by atoms with Crippen LogP contribution in [0.5, 0.6) is 0 Å². The lowest BCUT2D eigenvalue weighted by molar-refractivity contribution is -0.122. The predicted octanol–water partition coefficient (Wildman–Crippen LogP) is 4.12. The largest absolute Gasteiger partial charge is 0.354 e. The molecule has 0 bridgehead atoms. The van der Waals surface area contributed by atoms with E-state index in [1.165, 1.54) is 11.3 Å². The Morgan fingerprint density at radius 1 is 1.16 bits per heavy atom. The Morgan fingerprint density at radius 2 is 1.80 bits per heavy atom. The van der Waals surface area contributed by atoms with Crippen LogP contribution in [-0.2, 0) is 14.6 Å². The topological polar surface area (TPSA) is 63.2 Å². The number of aryl methyl sites for hydroxylation is 1. The summed E-state index contributed by atoms with van der Waals surface area (Å²) < 4.78 is 26.2. The number of rotatable bonds is 6. The van der Waals surface area contributed by atoms with Gasteiger partial charge in [0.15, 0.2) is 9.84 Å². The van der Waals surface area contributed by atoms with Crippen LogP contribution in [0.2, 0.25) is 0 Å². The maximum Gasteiger partial charge on any atom is 0.220 e. The summed E-state index contributed by atoms with van der Waals surface area (Å²) in [6.45, 7) is 7.93. The van der Waals surface area contributed by atoms with Crippen molar-refractivity contribution in [3.05, 3.63) is 52.2 Å². The fraction of sp³-hybridized carbons (Fsp3) is 0.421. The molecule has 25 heavy (non-hydrogen) atoms. The first-order chi connectivity index (χ1) is 11.6. The number of hydrogen-bond acceptors (Lipinski definition) is 4. The van der Waals surface area contributed by atoms with Gasteiger partial charge in [-0.1, -0.05) is 44.5 Å². The molecule has 1 N–H and O–H groups in total. The standard InChI is InChI=1S/C19H25NO3S2/c1-14-7-9-15(10-8-14)25(22,23)17(16-6-5-11-24-16)13-20-18(21)12-19(2,3)4/h5-11,17H,12-13H2,1-4H3,(H,20,21)/t17-/m1/s1. The molecule has 0 radical (unpaired) electrons. The van der Waals surface area contributed by atoms with Crippen molar-refractivity contribution in [2.24, 2.45) is 5.41 Å². The Morgan fingerprint density at radius 3 is 2.32 bits per heavy atom. The van der Waals surface area contributed by atoms with Crippen molar-refractivity contribution in [2.75, 3.05) is 6.54 Å². The maximum absolute atomic E-state index is 13.1. The van der Waals surface area contributed by atoms with Crippen LogP contribution >= 0.6 is 11.3 Å². The molecule has 1 heterocycles. The Balaban J connectivity index is 2.25. The van der Waals surface area contributed by atoms with E-state index in [2.05, 4.69) is 5.32 Å². The number of nitrogens with one attached hydrogen (secondary N) is 1. The van der Waals surface area contributed by atoms with Crippen LogP contribution in [0.1, 0.15) is 42.9 Å². The molecule has 2 rings (SSSR count). The summed E-state index contributed by atoms with van der Waals surface area (Å²) in [4.78, 5) is 13.2. The molecule has 0 aliphatic carbocycles. The molecular formula is C19H25NO3S2. The highest BCUT2D eigenvalue weighted by Crippen LogP contribution is 2.31. The van der Waals surface area contributed by atoms with Crippen molar-refractivity contribution in [3.8, 4) is 0 Å². The summed E-state index contributed by atoms with van der Waals surface area (Å²) in [6.07, 6.45) is 0.356. The predicted molar refractivity (Wildman–Crippen MR) is 103 cm³/mol. The lowest BCUT2D eigenvalue weighted by Crippen LogP contribution is -2.33. The second-order valence-corrected chi connectivity index (χ2v) is 10.5. The molecule has 6 heteroatoms. The van der Waals surface area contributed by atoms with Crippen molar-refractivity contribution in [1.82, 2.24) is 5.32 Å². The Labute approximate surface area is 154 Å². The first-order valence-corrected chi connectivity index (χ1v) is 10.6. The number of amides is 1. The van der Waals surface area contributed by atoms with Crippen LogP contribution in [0, 0.1) is 12.3 Å². The highest BCUT2D eigenvalue weighted by molar-refractivity contribution is 7.91. The number of carbonyl (C=O) groups is 1. The molecular weight excluding hydrogens is 354 g/mol. The van der Waals surface area contributed by atoms with Gasteiger partial charge in [0.05, 0.1) is 4.90 Å². The van der Waals surface area contributed by atoms with Gasteiger partial charge in [0, 0.05) is 17.8 Å². The van der Waals surface area contributed by atoms with Gasteiger partial charge in [0.1, 0.15) is 5.25 Å². The molecule has 0 aliphatic heterocycles. The van der Waals surface area contributed by atoms with Crippen LogP contribution in [0.25, 0.3) is 0 Å². The van der Waals surface area contributed by atoms with Crippen LogP contribution in [0.3, 0.4) is 0 Å². The average molecular weight is 380 g/mol. The van der Waals surface area contributed by atoms with Crippen molar-refractivity contribution in [3.63, 3.8) is 0 Å². The van der Waals surface area contributed by atoms with Gasteiger partial charge in [-0.05, 0) is 35.9 Å². The third-order valence-corrected chi connectivity index (χ3v) is 6.99. The van der Waals surface area contributed by atoms with Crippen LogP contribution in [-0.4, -0.2) is 20.9 Å². The molecule has 136 valence electrons. The Hall–Kier alpha value is -1.66. The van der Waals surface area contributed by atoms with E-state index in [1.54, 1.807) is 30.3 Å². The molecule has 0 aliphatic rings. The summed E-state index contributed by atoms with van der Waals surface area (Å²) in [6, 6.07) is 10.5. The molecule has 0 fully saturated rings. The molecule has 1 atom stereocenters. The smallest absolute Gasteiger partial charge is 0.220 e. The van der Waals surface area contributed by atoms with E-state index in [4.69, 9.17) is 0 Å². The Kier molecular flexibility index (Phi) is 6.06. The zero-order valence-electron chi connectivity index (χ0n) is 15.1. The van der Waals surface area contributed by atoms with Crippen molar-refractivity contribution in [2.45, 2.75) is 44.3 Å². The summed E-state index contributed by atoms with van der Waals surface area (Å²) in [5.74, 6) is -0.131. The SMILES string of the molecule is Cc1ccc(S(=O)(=O)[C@H](CNC(=O)CC(C)(C)C)c2cccs2)cc1. The third-order valence-electron chi connectivity index (χ3n) is 3.76. The highest BCUT2D eigenvalue weighted by Gasteiger charge is 2.30. The van der Waals surface area contributed by atoms with Gasteiger partial charge >= 0.3 is 0 Å². The third kappa shape index (κ3) is 5.41. The number of benzene rings is 1. The lowest BCUT2D eigenvalue weighted by atomic mass is 9.92. The fourth-order valence-electron chi connectivity index (χ4n) is 2.48. The lowest BCUT2D eigenvalue weighted by Gasteiger charge is -2.20. The quantitative estimate of drug-likeness (QED) is 0.821. The molecule has 0 spiro atoms. The average Bonchev–Trinajstić information content (AvgIpc) is 2.99. The van der Waals surface area contributed by atoms with E-state index in [0.717, 1.165) is 10.4 Å². The molecule has 4 nitrogen and oxygen atoms in total. The maximum atomic E-state index is 13.1. The van der Waals surface area contributed by atoms with E-state index in [0.29, 0.717) is 6.42 Å². The monoisotopic (exact) mass is 379 g/mol. The van der Waals surface area contributed by atoms with Crippen molar-refractivity contribution in [1.29, 1.82) is 0 Å². The molecule has 1 aromatic carbocycles. The van der Waals surface area contributed by atoms with Crippen molar-refractivity contribution < 1.29 is 13.2 Å². The molecule has 0 saturated carbocycles. The van der Waals surface area contributed by atoms with E-state index in [1.807, 2.05) is 39.1 Å². The fourth-order valence-corrected chi connectivity index (χ4v) is 5.26. The van der Waals surface area contributed by atoms with E-state index < -0.39 is 15.1 Å². The van der Waals surface area contributed by atoms with Gasteiger partial charge in [-0.15, -0.1) is 11.3 Å². The zero-order chi connectivity index (χ0) is 18.7. The second kappa shape index (κ2) is 7.70. The van der Waals surface area contributed by atoms with Crippen LogP contribution in [0.4, 0.5) is 0 Å². The van der Waals surface area contributed by atoms with Crippen molar-refractivity contribution >= 4 is 27.1 Å². The summed E-state index contributed by atoms with van der Waals surface area (Å²) in [5.41, 5.74) is 0.864. The minimum atomic E-state index is -3.58. The highest BCUT2D eigenvalue weighted by atomic mass is 32.2. The molecule has 2 aromatic rings. The Bertz CT molecular complexity index is 801. The molecule has 0 saturated heterocycles. The zero-order valence-corrected chi connectivity index (χ0v) is 16.7. The number of carbonyl (C=O) groups excluding carboxylic acids is 1. The first-order valence-electron chi connectivity index (χ1n) is 8.20. The van der Waals surface area contributed by atoms with Crippen LogP contribution in [0.15, 0.2) is 46.7 Å². The van der Waals surface area contributed by atoms with Gasteiger partial charge in [-0.2, -0.15) is 0 Å². The summed E-state index contributed by atoms with van der Waals surface area (Å²) in [7, 11) is -3.58. The first kappa shape index (κ1) is 19.7. The normalized spacial score (nSPS) is 13.4. The van der Waals surface area contributed by atoms with E-state index in [-0.39, 0.29) is 22.8 Å². The van der Waals surface area contributed by atoms with Crippen LogP contribution < -0.4 is 5.32 Å². The van der Waals surface area contributed by atoms with E-state index >= 15 is 0 Å². The number of thiophene rings is 1. The summed E-state index contributed by atoms with van der Waals surface area (Å²) >= 11 is 1.39. The molecule has 1 amide bonds. The minimum absolute atomic E-state index is 0.0750.